The van der Waals surface area contributed by atoms with E-state index in [-0.39, 0.29) is 10.8 Å². The Morgan fingerprint density at radius 1 is 1.09 bits per heavy atom. The quantitative estimate of drug-likeness (QED) is 0.483. The lowest BCUT2D eigenvalue weighted by atomic mass is 10.1. The molecular formula is C23H25N3O6S2. The van der Waals surface area contributed by atoms with Crippen LogP contribution < -0.4 is 24.2 Å². The van der Waals surface area contributed by atoms with E-state index < -0.39 is 22.0 Å². The van der Waals surface area contributed by atoms with Crippen LogP contribution >= 0.6 is 11.3 Å². The summed E-state index contributed by atoms with van der Waals surface area (Å²) in [6.45, 7) is 4.28. The fourth-order valence-corrected chi connectivity index (χ4v) is 5.41. The first-order valence-electron chi connectivity index (χ1n) is 10.6. The van der Waals surface area contributed by atoms with E-state index in [1.165, 1.54) is 23.5 Å². The van der Waals surface area contributed by atoms with E-state index in [0.29, 0.717) is 35.5 Å². The molecule has 2 aromatic carbocycles. The first-order chi connectivity index (χ1) is 16.3. The maximum Gasteiger partial charge on any atom is 0.244 e. The average Bonchev–Trinajstić information content (AvgIpc) is 3.30. The van der Waals surface area contributed by atoms with Crippen molar-refractivity contribution in [1.29, 1.82) is 0 Å². The Morgan fingerprint density at radius 2 is 1.79 bits per heavy atom. The molecule has 9 nitrogen and oxygen atoms in total. The van der Waals surface area contributed by atoms with Gasteiger partial charge in [-0.05, 0) is 42.3 Å². The van der Waals surface area contributed by atoms with E-state index in [1.807, 2.05) is 29.6 Å². The van der Waals surface area contributed by atoms with Gasteiger partial charge in [-0.25, -0.2) is 13.4 Å². The zero-order valence-electron chi connectivity index (χ0n) is 18.9. The van der Waals surface area contributed by atoms with E-state index in [0.717, 1.165) is 11.3 Å². The van der Waals surface area contributed by atoms with E-state index in [1.54, 1.807) is 27.0 Å². The number of thiazole rings is 1. The highest BCUT2D eigenvalue weighted by Gasteiger charge is 2.30. The number of ether oxygens (including phenoxy) is 3. The third-order valence-electron chi connectivity index (χ3n) is 5.18. The lowest BCUT2D eigenvalue weighted by molar-refractivity contribution is -0.118. The van der Waals surface area contributed by atoms with Crippen LogP contribution in [0.1, 0.15) is 13.8 Å². The second-order valence-electron chi connectivity index (χ2n) is 7.90. The zero-order chi connectivity index (χ0) is 24.3. The molecule has 0 saturated carbocycles. The van der Waals surface area contributed by atoms with Crippen LogP contribution in [0.4, 0.5) is 5.13 Å². The van der Waals surface area contributed by atoms with Gasteiger partial charge in [-0.1, -0.05) is 13.8 Å². The SMILES string of the molecule is COc1ccc(-c2csc(NC(=O)C(NS(=O)(=O)c3ccc4c(c3)OCCO4)C(C)C)n2)cc1. The van der Waals surface area contributed by atoms with Gasteiger partial charge < -0.3 is 19.5 Å². The van der Waals surface area contributed by atoms with Gasteiger partial charge in [0.25, 0.3) is 0 Å². The second kappa shape index (κ2) is 10.00. The lowest BCUT2D eigenvalue weighted by Crippen LogP contribution is -2.47. The number of hydrogen-bond donors (Lipinski definition) is 2. The highest BCUT2D eigenvalue weighted by atomic mass is 32.2. The van der Waals surface area contributed by atoms with Crippen molar-refractivity contribution in [3.8, 4) is 28.5 Å². The van der Waals surface area contributed by atoms with Crippen molar-refractivity contribution >= 4 is 32.4 Å². The average molecular weight is 504 g/mol. The first-order valence-corrected chi connectivity index (χ1v) is 13.0. The van der Waals surface area contributed by atoms with Crippen molar-refractivity contribution in [3.63, 3.8) is 0 Å². The number of benzene rings is 2. The molecule has 3 aromatic rings. The number of amides is 1. The minimum Gasteiger partial charge on any atom is -0.497 e. The van der Waals surface area contributed by atoms with Gasteiger partial charge in [-0.3, -0.25) is 4.79 Å². The van der Waals surface area contributed by atoms with Crippen LogP contribution in [-0.4, -0.2) is 45.7 Å². The standard InChI is InChI=1S/C23H25N3O6S2/c1-14(2)21(26-34(28,29)17-8-9-19-20(12-17)32-11-10-31-19)22(27)25-23-24-18(13-33-23)15-4-6-16(30-3)7-5-15/h4-9,12-14,21,26H,10-11H2,1-3H3,(H,24,25,27). The predicted molar refractivity (Wildman–Crippen MR) is 129 cm³/mol. The Hall–Kier alpha value is -3.15. The van der Waals surface area contributed by atoms with Crippen LogP contribution in [0.5, 0.6) is 17.2 Å². The Labute approximate surface area is 202 Å². The molecule has 180 valence electrons. The number of aromatic nitrogens is 1. The number of methoxy groups -OCH3 is 1. The van der Waals surface area contributed by atoms with E-state index in [9.17, 15) is 13.2 Å². The number of carbonyl (C=O) groups excluding carboxylic acids is 1. The monoisotopic (exact) mass is 503 g/mol. The minimum absolute atomic E-state index is 0.00811. The van der Waals surface area contributed by atoms with Crippen molar-refractivity contribution in [1.82, 2.24) is 9.71 Å². The highest BCUT2D eigenvalue weighted by molar-refractivity contribution is 7.89. The summed E-state index contributed by atoms with van der Waals surface area (Å²) < 4.78 is 44.6. The second-order valence-corrected chi connectivity index (χ2v) is 10.5. The maximum atomic E-state index is 13.0. The maximum absolute atomic E-state index is 13.0. The number of rotatable bonds is 8. The van der Waals surface area contributed by atoms with Crippen LogP contribution in [0.3, 0.4) is 0 Å². The molecular weight excluding hydrogens is 478 g/mol. The normalized spacial score (nSPS) is 14.0. The first kappa shape index (κ1) is 24.0. The van der Waals surface area contributed by atoms with Crippen LogP contribution in [0.25, 0.3) is 11.3 Å². The molecule has 0 spiro atoms. The summed E-state index contributed by atoms with van der Waals surface area (Å²) in [6, 6.07) is 10.8. The van der Waals surface area contributed by atoms with E-state index in [4.69, 9.17) is 14.2 Å². The molecule has 34 heavy (non-hydrogen) atoms. The Bertz CT molecular complexity index is 1270. The molecule has 0 saturated heterocycles. The van der Waals surface area contributed by atoms with E-state index >= 15 is 0 Å². The Balaban J connectivity index is 1.48. The summed E-state index contributed by atoms with van der Waals surface area (Å²) in [5.41, 5.74) is 1.57. The number of hydrogen-bond acceptors (Lipinski definition) is 8. The molecule has 1 amide bonds. The Kier molecular flexibility index (Phi) is 7.05. The van der Waals surface area contributed by atoms with Gasteiger partial charge in [-0.2, -0.15) is 4.72 Å². The largest absolute Gasteiger partial charge is 0.497 e. The molecule has 11 heteroatoms. The highest BCUT2D eigenvalue weighted by Crippen LogP contribution is 2.32. The summed E-state index contributed by atoms with van der Waals surface area (Å²) in [7, 11) is -2.40. The predicted octanol–water partition coefficient (Wildman–Crippen LogP) is 3.53. The van der Waals surface area contributed by atoms with Crippen LogP contribution in [0, 0.1) is 5.92 Å². The van der Waals surface area contributed by atoms with Crippen LogP contribution in [-0.2, 0) is 14.8 Å². The molecule has 0 radical (unpaired) electrons. The number of carbonyl (C=O) groups is 1. The molecule has 0 fully saturated rings. The fourth-order valence-electron chi connectivity index (χ4n) is 3.33. The summed E-state index contributed by atoms with van der Waals surface area (Å²) >= 11 is 1.26. The Morgan fingerprint density at radius 3 is 2.47 bits per heavy atom. The summed E-state index contributed by atoms with van der Waals surface area (Å²) in [6.07, 6.45) is 0. The van der Waals surface area contributed by atoms with Crippen molar-refractivity contribution in [2.45, 2.75) is 24.8 Å². The van der Waals surface area contributed by atoms with Gasteiger partial charge >= 0.3 is 0 Å². The molecule has 1 aromatic heterocycles. The summed E-state index contributed by atoms with van der Waals surface area (Å²) in [4.78, 5) is 17.4. The molecule has 4 rings (SSSR count). The van der Waals surface area contributed by atoms with Gasteiger partial charge in [0, 0.05) is 17.0 Å². The molecule has 2 heterocycles. The smallest absolute Gasteiger partial charge is 0.244 e. The van der Waals surface area contributed by atoms with Gasteiger partial charge in [-0.15, -0.1) is 11.3 Å². The third kappa shape index (κ3) is 5.32. The summed E-state index contributed by atoms with van der Waals surface area (Å²) in [5, 5.41) is 4.93. The van der Waals surface area contributed by atoms with Crippen LogP contribution in [0.15, 0.2) is 52.7 Å². The number of nitrogens with one attached hydrogen (secondary N) is 2. The number of sulfonamides is 1. The van der Waals surface area contributed by atoms with Gasteiger partial charge in [0.2, 0.25) is 15.9 Å². The third-order valence-corrected chi connectivity index (χ3v) is 7.37. The topological polar surface area (TPSA) is 116 Å². The molecule has 0 bridgehead atoms. The zero-order valence-corrected chi connectivity index (χ0v) is 20.5. The minimum atomic E-state index is -3.99. The van der Waals surface area contributed by atoms with Gasteiger partial charge in [0.05, 0.1) is 17.7 Å². The molecule has 1 aliphatic rings. The van der Waals surface area contributed by atoms with E-state index in [2.05, 4.69) is 15.0 Å². The number of fused-ring (bicyclic) bond motifs is 1. The van der Waals surface area contributed by atoms with Gasteiger partial charge in [0.1, 0.15) is 25.0 Å². The number of anilines is 1. The number of nitrogens with zero attached hydrogens (tertiary/aromatic N) is 1. The molecule has 0 aliphatic carbocycles. The van der Waals surface area contributed by atoms with Crippen molar-refractivity contribution in [3.05, 3.63) is 47.8 Å². The molecule has 1 unspecified atom stereocenters. The van der Waals surface area contributed by atoms with Crippen molar-refractivity contribution < 1.29 is 27.4 Å². The molecule has 1 aliphatic heterocycles. The molecule has 1 atom stereocenters. The van der Waals surface area contributed by atoms with Crippen molar-refractivity contribution in [2.24, 2.45) is 5.92 Å². The fraction of sp³-hybridized carbons (Fsp3) is 0.304. The molecule has 2 N–H and O–H groups in total. The van der Waals surface area contributed by atoms with Crippen molar-refractivity contribution in [2.75, 3.05) is 25.6 Å². The van der Waals surface area contributed by atoms with Crippen LogP contribution in [0.2, 0.25) is 0 Å². The lowest BCUT2D eigenvalue weighted by Gasteiger charge is -2.22. The summed E-state index contributed by atoms with van der Waals surface area (Å²) in [5.74, 6) is 0.769. The van der Waals surface area contributed by atoms with Gasteiger partial charge in [0.15, 0.2) is 16.6 Å².